The molecule has 2 amide bonds. The Balaban J connectivity index is 1.61. The first-order valence-electron chi connectivity index (χ1n) is 8.65. The standard InChI is InChI=1S/C19H24N4O2/c1-13-11-23-12-16(8-9-18(23)20-13)22-19(25)10-17(21-14(2)24)15-6-4-3-5-7-15/h3-7,11,16-17H,8-10,12H2,1-2H3,(H,21,24)(H,22,25)/t16-,17-/m0/s1. The predicted octanol–water partition coefficient (Wildman–Crippen LogP) is 1.89. The molecule has 25 heavy (non-hydrogen) atoms. The molecule has 0 aliphatic carbocycles. The van der Waals surface area contributed by atoms with Gasteiger partial charge in [-0.25, -0.2) is 4.98 Å². The van der Waals surface area contributed by atoms with Gasteiger partial charge >= 0.3 is 0 Å². The number of hydrogen-bond acceptors (Lipinski definition) is 3. The number of aromatic nitrogens is 2. The van der Waals surface area contributed by atoms with Crippen LogP contribution in [0.2, 0.25) is 0 Å². The number of hydrogen-bond donors (Lipinski definition) is 2. The van der Waals surface area contributed by atoms with Crippen molar-refractivity contribution in [2.45, 2.75) is 51.7 Å². The van der Waals surface area contributed by atoms with E-state index >= 15 is 0 Å². The van der Waals surface area contributed by atoms with Gasteiger partial charge in [0, 0.05) is 32.1 Å². The zero-order valence-corrected chi connectivity index (χ0v) is 14.7. The van der Waals surface area contributed by atoms with Gasteiger partial charge < -0.3 is 15.2 Å². The monoisotopic (exact) mass is 340 g/mol. The first-order chi connectivity index (χ1) is 12.0. The predicted molar refractivity (Wildman–Crippen MR) is 94.8 cm³/mol. The second-order valence-electron chi connectivity index (χ2n) is 6.62. The Morgan fingerprint density at radius 1 is 1.32 bits per heavy atom. The molecule has 1 aromatic heterocycles. The molecule has 2 aromatic rings. The topological polar surface area (TPSA) is 76.0 Å². The summed E-state index contributed by atoms with van der Waals surface area (Å²) in [6.07, 6.45) is 4.01. The summed E-state index contributed by atoms with van der Waals surface area (Å²) in [6.45, 7) is 4.20. The Morgan fingerprint density at radius 2 is 2.08 bits per heavy atom. The van der Waals surface area contributed by atoms with Gasteiger partial charge in [0.1, 0.15) is 5.82 Å². The van der Waals surface area contributed by atoms with Crippen molar-refractivity contribution in [1.29, 1.82) is 0 Å². The Morgan fingerprint density at radius 3 is 2.80 bits per heavy atom. The van der Waals surface area contributed by atoms with Crippen molar-refractivity contribution >= 4 is 11.8 Å². The zero-order valence-electron chi connectivity index (χ0n) is 14.7. The van der Waals surface area contributed by atoms with E-state index in [-0.39, 0.29) is 30.3 Å². The van der Waals surface area contributed by atoms with E-state index < -0.39 is 0 Å². The Labute approximate surface area is 147 Å². The van der Waals surface area contributed by atoms with Crippen LogP contribution in [0.4, 0.5) is 0 Å². The van der Waals surface area contributed by atoms with E-state index in [1.54, 1.807) is 0 Å². The summed E-state index contributed by atoms with van der Waals surface area (Å²) in [7, 11) is 0. The first kappa shape index (κ1) is 17.2. The summed E-state index contributed by atoms with van der Waals surface area (Å²) in [4.78, 5) is 28.5. The van der Waals surface area contributed by atoms with Gasteiger partial charge in [0.15, 0.2) is 0 Å². The second-order valence-corrected chi connectivity index (χ2v) is 6.62. The number of aryl methyl sites for hydroxylation is 2. The van der Waals surface area contributed by atoms with Crippen molar-refractivity contribution in [3.05, 3.63) is 53.6 Å². The SMILES string of the molecule is CC(=O)N[C@@H](CC(=O)N[C@H]1CCc2nc(C)cn2C1)c1ccccc1. The molecule has 0 radical (unpaired) electrons. The normalized spacial score (nSPS) is 17.4. The molecule has 0 spiro atoms. The lowest BCUT2D eigenvalue weighted by Gasteiger charge is -2.26. The maximum atomic E-state index is 12.5. The highest BCUT2D eigenvalue weighted by Crippen LogP contribution is 2.18. The number of imidazole rings is 1. The molecule has 6 heteroatoms. The number of carbonyl (C=O) groups excluding carboxylic acids is 2. The Kier molecular flexibility index (Phi) is 5.16. The van der Waals surface area contributed by atoms with Crippen LogP contribution in [0.15, 0.2) is 36.5 Å². The number of nitrogens with zero attached hydrogens (tertiary/aromatic N) is 2. The van der Waals surface area contributed by atoms with Crippen LogP contribution < -0.4 is 10.6 Å². The molecule has 0 fully saturated rings. The van der Waals surface area contributed by atoms with Crippen LogP contribution in [0.3, 0.4) is 0 Å². The molecule has 1 aliphatic heterocycles. The highest BCUT2D eigenvalue weighted by molar-refractivity contribution is 5.79. The van der Waals surface area contributed by atoms with Gasteiger partial charge in [0.25, 0.3) is 0 Å². The minimum atomic E-state index is -0.312. The van der Waals surface area contributed by atoms with Crippen LogP contribution in [-0.4, -0.2) is 27.4 Å². The van der Waals surface area contributed by atoms with Gasteiger partial charge in [0.05, 0.1) is 18.2 Å². The molecule has 1 aliphatic rings. The highest BCUT2D eigenvalue weighted by Gasteiger charge is 2.23. The van der Waals surface area contributed by atoms with Gasteiger partial charge in [-0.2, -0.15) is 0 Å². The van der Waals surface area contributed by atoms with Crippen LogP contribution in [0, 0.1) is 6.92 Å². The number of amides is 2. The Bertz CT molecular complexity index is 754. The summed E-state index contributed by atoms with van der Waals surface area (Å²) >= 11 is 0. The average Bonchev–Trinajstić information content (AvgIpc) is 2.94. The van der Waals surface area contributed by atoms with Crippen LogP contribution in [0.25, 0.3) is 0 Å². The smallest absolute Gasteiger partial charge is 0.222 e. The van der Waals surface area contributed by atoms with Crippen molar-refractivity contribution in [3.8, 4) is 0 Å². The minimum Gasteiger partial charge on any atom is -0.351 e. The number of benzene rings is 1. The van der Waals surface area contributed by atoms with Gasteiger partial charge in [-0.1, -0.05) is 30.3 Å². The van der Waals surface area contributed by atoms with Crippen molar-refractivity contribution in [3.63, 3.8) is 0 Å². The molecule has 6 nitrogen and oxygen atoms in total. The molecule has 132 valence electrons. The lowest BCUT2D eigenvalue weighted by Crippen LogP contribution is -2.42. The quantitative estimate of drug-likeness (QED) is 0.873. The molecule has 0 saturated heterocycles. The summed E-state index contributed by atoms with van der Waals surface area (Å²) in [5.41, 5.74) is 1.95. The molecule has 1 aromatic carbocycles. The summed E-state index contributed by atoms with van der Waals surface area (Å²) in [5.74, 6) is 0.897. The van der Waals surface area contributed by atoms with Gasteiger partial charge in [0.2, 0.25) is 11.8 Å². The van der Waals surface area contributed by atoms with Crippen molar-refractivity contribution in [1.82, 2.24) is 20.2 Å². The molecule has 2 heterocycles. The summed E-state index contributed by atoms with van der Waals surface area (Å²) in [5, 5.41) is 5.97. The van der Waals surface area contributed by atoms with E-state index in [1.165, 1.54) is 6.92 Å². The maximum absolute atomic E-state index is 12.5. The van der Waals surface area contributed by atoms with Gasteiger partial charge in [-0.05, 0) is 18.9 Å². The minimum absolute atomic E-state index is 0.0482. The molecular weight excluding hydrogens is 316 g/mol. The average molecular weight is 340 g/mol. The maximum Gasteiger partial charge on any atom is 0.222 e. The number of carbonyl (C=O) groups is 2. The fraction of sp³-hybridized carbons (Fsp3) is 0.421. The van der Waals surface area contributed by atoms with Crippen molar-refractivity contribution in [2.75, 3.05) is 0 Å². The molecule has 2 N–H and O–H groups in total. The summed E-state index contributed by atoms with van der Waals surface area (Å²) in [6, 6.07) is 9.37. The highest BCUT2D eigenvalue weighted by atomic mass is 16.2. The number of fused-ring (bicyclic) bond motifs is 1. The fourth-order valence-corrected chi connectivity index (χ4v) is 3.36. The van der Waals surface area contributed by atoms with Crippen LogP contribution in [0.5, 0.6) is 0 Å². The third-order valence-electron chi connectivity index (χ3n) is 4.45. The molecule has 0 unspecified atom stereocenters. The van der Waals surface area contributed by atoms with Crippen molar-refractivity contribution in [2.24, 2.45) is 0 Å². The van der Waals surface area contributed by atoms with E-state index in [2.05, 4.69) is 20.2 Å². The molecule has 0 saturated carbocycles. The molecule has 3 rings (SSSR count). The molecule has 2 atom stereocenters. The van der Waals surface area contributed by atoms with Crippen LogP contribution >= 0.6 is 0 Å². The van der Waals surface area contributed by atoms with Crippen LogP contribution in [0.1, 0.15) is 42.9 Å². The lowest BCUT2D eigenvalue weighted by atomic mass is 10.0. The van der Waals surface area contributed by atoms with E-state index in [9.17, 15) is 9.59 Å². The van der Waals surface area contributed by atoms with Gasteiger partial charge in [-0.3, -0.25) is 9.59 Å². The lowest BCUT2D eigenvalue weighted by molar-refractivity contribution is -0.123. The first-order valence-corrected chi connectivity index (χ1v) is 8.65. The van der Waals surface area contributed by atoms with E-state index in [4.69, 9.17) is 0 Å². The summed E-state index contributed by atoms with van der Waals surface area (Å²) < 4.78 is 2.12. The van der Waals surface area contributed by atoms with E-state index in [0.29, 0.717) is 0 Å². The molecule has 0 bridgehead atoms. The Hall–Kier alpha value is -2.63. The zero-order chi connectivity index (χ0) is 17.8. The number of nitrogens with one attached hydrogen (secondary N) is 2. The van der Waals surface area contributed by atoms with Crippen molar-refractivity contribution < 1.29 is 9.59 Å². The third kappa shape index (κ3) is 4.47. The van der Waals surface area contributed by atoms with E-state index in [0.717, 1.165) is 36.5 Å². The molecular formula is C19H24N4O2. The third-order valence-corrected chi connectivity index (χ3v) is 4.45. The number of rotatable bonds is 5. The van der Waals surface area contributed by atoms with Crippen LogP contribution in [-0.2, 0) is 22.6 Å². The van der Waals surface area contributed by atoms with E-state index in [1.807, 2.05) is 43.5 Å². The largest absolute Gasteiger partial charge is 0.351 e. The van der Waals surface area contributed by atoms with Gasteiger partial charge in [-0.15, -0.1) is 0 Å². The second kappa shape index (κ2) is 7.51. The fourth-order valence-electron chi connectivity index (χ4n) is 3.36.